The Labute approximate surface area is 82.4 Å². The number of halogens is 3. The maximum absolute atomic E-state index is 10.8. The van der Waals surface area contributed by atoms with E-state index in [1.54, 1.807) is 6.20 Å². The van der Waals surface area contributed by atoms with Crippen molar-refractivity contribution in [3.8, 4) is 0 Å². The summed E-state index contributed by atoms with van der Waals surface area (Å²) in [5.74, 6) is 0. The second-order valence-corrected chi connectivity index (χ2v) is 4.03. The van der Waals surface area contributed by atoms with E-state index in [-0.39, 0.29) is 5.56 Å². The molecule has 0 aliphatic heterocycles. The number of hydrogen-bond acceptors (Lipinski definition) is 1. The molecule has 0 bridgehead atoms. The van der Waals surface area contributed by atoms with Crippen LogP contribution in [0.4, 0.5) is 0 Å². The van der Waals surface area contributed by atoms with E-state index >= 15 is 0 Å². The van der Waals surface area contributed by atoms with Gasteiger partial charge in [0.05, 0.1) is 8.95 Å². The molecule has 0 radical (unpaired) electrons. The molecular weight excluding hydrogens is 330 g/mol. The van der Waals surface area contributed by atoms with E-state index in [4.69, 9.17) is 0 Å². The quantitative estimate of drug-likeness (QED) is 0.779. The monoisotopic (exact) mass is 329 g/mol. The topological polar surface area (TPSA) is 32.9 Å². The molecule has 0 aromatic carbocycles. The SMILES string of the molecule is O=c1[nH]cc(Br)c(Br)c1Br. The van der Waals surface area contributed by atoms with Crippen molar-refractivity contribution in [3.63, 3.8) is 0 Å². The molecule has 1 heterocycles. The van der Waals surface area contributed by atoms with Crippen LogP contribution in [0.25, 0.3) is 0 Å². The van der Waals surface area contributed by atoms with Gasteiger partial charge in [-0.2, -0.15) is 0 Å². The van der Waals surface area contributed by atoms with E-state index in [1.807, 2.05) is 0 Å². The minimum atomic E-state index is -0.143. The predicted octanol–water partition coefficient (Wildman–Crippen LogP) is 2.66. The molecule has 0 spiro atoms. The van der Waals surface area contributed by atoms with Gasteiger partial charge in [-0.25, -0.2) is 0 Å². The molecule has 5 heteroatoms. The highest BCUT2D eigenvalue weighted by Gasteiger charge is 2.03. The Morgan fingerprint density at radius 1 is 1.20 bits per heavy atom. The van der Waals surface area contributed by atoms with Gasteiger partial charge in [0, 0.05) is 10.7 Å². The van der Waals surface area contributed by atoms with E-state index in [0.717, 1.165) is 8.95 Å². The molecule has 1 aromatic rings. The highest BCUT2D eigenvalue weighted by molar-refractivity contribution is 9.14. The molecule has 0 saturated carbocycles. The number of pyridine rings is 1. The third-order valence-electron chi connectivity index (χ3n) is 0.932. The summed E-state index contributed by atoms with van der Waals surface area (Å²) in [5.41, 5.74) is -0.143. The summed E-state index contributed by atoms with van der Waals surface area (Å²) in [5, 5.41) is 0. The number of rotatable bonds is 0. The van der Waals surface area contributed by atoms with Gasteiger partial charge in [-0.05, 0) is 47.8 Å². The van der Waals surface area contributed by atoms with Crippen LogP contribution in [0.3, 0.4) is 0 Å². The molecule has 2 nitrogen and oxygen atoms in total. The highest BCUT2D eigenvalue weighted by atomic mass is 79.9. The first kappa shape index (κ1) is 8.49. The number of aromatic nitrogens is 1. The first-order chi connectivity index (χ1) is 4.63. The van der Waals surface area contributed by atoms with Crippen LogP contribution in [0.5, 0.6) is 0 Å². The Morgan fingerprint density at radius 3 is 2.30 bits per heavy atom. The van der Waals surface area contributed by atoms with Gasteiger partial charge in [-0.3, -0.25) is 4.79 Å². The van der Waals surface area contributed by atoms with Gasteiger partial charge in [0.1, 0.15) is 0 Å². The lowest BCUT2D eigenvalue weighted by atomic mass is 10.5. The minimum absolute atomic E-state index is 0.143. The van der Waals surface area contributed by atoms with Crippen LogP contribution in [0.1, 0.15) is 0 Å². The summed E-state index contributed by atoms with van der Waals surface area (Å²) < 4.78 is 2.05. The van der Waals surface area contributed by atoms with Crippen molar-refractivity contribution >= 4 is 47.8 Å². The normalized spacial score (nSPS) is 9.90. The van der Waals surface area contributed by atoms with E-state index in [0.29, 0.717) is 4.47 Å². The average Bonchev–Trinajstić information content (AvgIpc) is 1.93. The van der Waals surface area contributed by atoms with Crippen LogP contribution in [-0.2, 0) is 0 Å². The van der Waals surface area contributed by atoms with Gasteiger partial charge in [0.2, 0.25) is 0 Å². The fourth-order valence-electron chi connectivity index (χ4n) is 0.460. The van der Waals surface area contributed by atoms with Crippen molar-refractivity contribution in [2.24, 2.45) is 0 Å². The Kier molecular flexibility index (Phi) is 2.71. The fourth-order valence-corrected chi connectivity index (χ4v) is 1.66. The molecule has 1 N–H and O–H groups in total. The molecule has 0 aliphatic carbocycles. The third-order valence-corrected chi connectivity index (χ3v) is 4.20. The van der Waals surface area contributed by atoms with Crippen molar-refractivity contribution in [2.75, 3.05) is 0 Å². The standard InChI is InChI=1S/C5H2Br3NO/c6-2-1-9-5(10)4(8)3(2)7/h1H,(H,9,10). The first-order valence-electron chi connectivity index (χ1n) is 2.35. The lowest BCUT2D eigenvalue weighted by Crippen LogP contribution is -2.05. The Balaban J connectivity index is 3.49. The second-order valence-electron chi connectivity index (χ2n) is 1.59. The zero-order valence-electron chi connectivity index (χ0n) is 4.62. The molecule has 0 atom stereocenters. The Bertz CT molecular complexity index is 306. The van der Waals surface area contributed by atoms with Crippen molar-refractivity contribution in [3.05, 3.63) is 30.0 Å². The van der Waals surface area contributed by atoms with Crippen LogP contribution in [0, 0.1) is 0 Å². The Hall–Kier alpha value is 0.390. The molecule has 54 valence electrons. The minimum Gasteiger partial charge on any atom is -0.327 e. The maximum atomic E-state index is 10.8. The molecule has 10 heavy (non-hydrogen) atoms. The average molecular weight is 332 g/mol. The molecule has 1 aromatic heterocycles. The first-order valence-corrected chi connectivity index (χ1v) is 4.73. The van der Waals surface area contributed by atoms with Gasteiger partial charge in [0.25, 0.3) is 5.56 Å². The summed E-state index contributed by atoms with van der Waals surface area (Å²) in [6, 6.07) is 0. The van der Waals surface area contributed by atoms with Crippen LogP contribution in [-0.4, -0.2) is 4.98 Å². The van der Waals surface area contributed by atoms with Gasteiger partial charge in [-0.15, -0.1) is 0 Å². The molecule has 0 fully saturated rings. The van der Waals surface area contributed by atoms with Gasteiger partial charge >= 0.3 is 0 Å². The van der Waals surface area contributed by atoms with E-state index in [2.05, 4.69) is 52.8 Å². The molecular formula is C5H2Br3NO. The van der Waals surface area contributed by atoms with Crippen LogP contribution in [0.15, 0.2) is 24.4 Å². The summed E-state index contributed by atoms with van der Waals surface area (Å²) in [6.45, 7) is 0. The molecule has 0 unspecified atom stereocenters. The second kappa shape index (κ2) is 3.19. The van der Waals surface area contributed by atoms with Crippen LogP contribution < -0.4 is 5.56 Å². The summed E-state index contributed by atoms with van der Waals surface area (Å²) in [6.07, 6.45) is 1.58. The van der Waals surface area contributed by atoms with E-state index < -0.39 is 0 Å². The van der Waals surface area contributed by atoms with Gasteiger partial charge < -0.3 is 4.98 Å². The zero-order chi connectivity index (χ0) is 7.72. The van der Waals surface area contributed by atoms with Crippen LogP contribution >= 0.6 is 47.8 Å². The van der Waals surface area contributed by atoms with E-state index in [1.165, 1.54) is 0 Å². The van der Waals surface area contributed by atoms with Crippen molar-refractivity contribution < 1.29 is 0 Å². The number of nitrogens with one attached hydrogen (secondary N) is 1. The van der Waals surface area contributed by atoms with Crippen molar-refractivity contribution in [1.82, 2.24) is 4.98 Å². The number of H-pyrrole nitrogens is 1. The molecule has 0 saturated heterocycles. The number of hydrogen-bond donors (Lipinski definition) is 1. The lowest BCUT2D eigenvalue weighted by Gasteiger charge is -1.95. The zero-order valence-corrected chi connectivity index (χ0v) is 9.38. The Morgan fingerprint density at radius 2 is 1.80 bits per heavy atom. The largest absolute Gasteiger partial charge is 0.327 e. The predicted molar refractivity (Wildman–Crippen MR) is 50.2 cm³/mol. The molecule has 1 rings (SSSR count). The molecule has 0 aliphatic rings. The van der Waals surface area contributed by atoms with Gasteiger partial charge in [-0.1, -0.05) is 0 Å². The number of aromatic amines is 1. The third kappa shape index (κ3) is 1.52. The van der Waals surface area contributed by atoms with Crippen molar-refractivity contribution in [1.29, 1.82) is 0 Å². The van der Waals surface area contributed by atoms with Crippen molar-refractivity contribution in [2.45, 2.75) is 0 Å². The fraction of sp³-hybridized carbons (Fsp3) is 0. The van der Waals surface area contributed by atoms with E-state index in [9.17, 15) is 4.79 Å². The summed E-state index contributed by atoms with van der Waals surface area (Å²) in [7, 11) is 0. The maximum Gasteiger partial charge on any atom is 0.263 e. The molecule has 0 amide bonds. The summed E-state index contributed by atoms with van der Waals surface area (Å²) in [4.78, 5) is 13.4. The lowest BCUT2D eigenvalue weighted by molar-refractivity contribution is 1.19. The highest BCUT2D eigenvalue weighted by Crippen LogP contribution is 2.26. The summed E-state index contributed by atoms with van der Waals surface area (Å²) >= 11 is 9.56. The van der Waals surface area contributed by atoms with Crippen LogP contribution in [0.2, 0.25) is 0 Å². The van der Waals surface area contributed by atoms with Gasteiger partial charge in [0.15, 0.2) is 0 Å². The smallest absolute Gasteiger partial charge is 0.263 e.